The number of piperazine rings is 1. The van der Waals surface area contributed by atoms with E-state index in [1.165, 1.54) is 0 Å². The number of rotatable bonds is 6. The van der Waals surface area contributed by atoms with Crippen LogP contribution in [0.25, 0.3) is 22.5 Å². The van der Waals surface area contributed by atoms with Gasteiger partial charge in [-0.2, -0.15) is 0 Å². The molecule has 1 aromatic heterocycles. The van der Waals surface area contributed by atoms with Crippen LogP contribution in [0.2, 0.25) is 0 Å². The number of ether oxygens (including phenoxy) is 1. The molecular weight excluding hydrogens is 364 g/mol. The predicted molar refractivity (Wildman–Crippen MR) is 118 cm³/mol. The molecule has 1 aliphatic heterocycles. The Morgan fingerprint density at radius 1 is 1.03 bits per heavy atom. The average molecular weight is 393 g/mol. The Kier molecular flexibility index (Phi) is 5.71. The minimum absolute atomic E-state index is 0.724. The molecule has 0 bridgehead atoms. The summed E-state index contributed by atoms with van der Waals surface area (Å²) in [5.41, 5.74) is 4.15. The van der Waals surface area contributed by atoms with Gasteiger partial charge in [0.2, 0.25) is 0 Å². The fraction of sp³-hybridized carbons (Fsp3) is 0.348. The molecule has 1 fully saturated rings. The molecule has 0 spiro atoms. The highest BCUT2D eigenvalue weighted by Crippen LogP contribution is 2.40. The Hall–Kier alpha value is -2.99. The molecule has 3 aromatic rings. The van der Waals surface area contributed by atoms with Crippen LogP contribution in [0.5, 0.6) is 5.75 Å². The van der Waals surface area contributed by atoms with Crippen molar-refractivity contribution in [1.82, 2.24) is 10.1 Å². The summed E-state index contributed by atoms with van der Waals surface area (Å²) < 4.78 is 11.5. The summed E-state index contributed by atoms with van der Waals surface area (Å²) in [6.45, 7) is 6.97. The normalized spacial score (nSPS) is 14.8. The van der Waals surface area contributed by atoms with E-state index in [1.54, 1.807) is 7.11 Å². The number of benzene rings is 2. The van der Waals surface area contributed by atoms with Crippen molar-refractivity contribution in [3.8, 4) is 28.2 Å². The summed E-state index contributed by atoms with van der Waals surface area (Å²) in [4.78, 5) is 4.59. The highest BCUT2D eigenvalue weighted by molar-refractivity contribution is 5.81. The molecule has 1 aliphatic rings. The van der Waals surface area contributed by atoms with Crippen LogP contribution >= 0.6 is 0 Å². The minimum Gasteiger partial charge on any atom is -0.495 e. The number of nitrogens with zero attached hydrogens (tertiary/aromatic N) is 3. The molecule has 152 valence electrons. The van der Waals surface area contributed by atoms with Crippen LogP contribution in [0.15, 0.2) is 53.1 Å². The molecule has 1 saturated heterocycles. The second-order valence-electron chi connectivity index (χ2n) is 7.33. The summed E-state index contributed by atoms with van der Waals surface area (Å²) in [6.07, 6.45) is 0. The molecule has 0 saturated carbocycles. The van der Waals surface area contributed by atoms with Gasteiger partial charge in [0.05, 0.1) is 12.7 Å². The van der Waals surface area contributed by atoms with Gasteiger partial charge in [0, 0.05) is 50.0 Å². The lowest BCUT2D eigenvalue weighted by Gasteiger charge is -2.31. The number of nitrogens with one attached hydrogen (secondary N) is 1. The minimum atomic E-state index is 0.724. The van der Waals surface area contributed by atoms with Gasteiger partial charge in [-0.15, -0.1) is 0 Å². The molecule has 6 heteroatoms. The summed E-state index contributed by atoms with van der Waals surface area (Å²) >= 11 is 0. The first-order chi connectivity index (χ1) is 14.2. The molecule has 0 radical (unpaired) electrons. The molecule has 0 amide bonds. The first-order valence-corrected chi connectivity index (χ1v) is 10.1. The van der Waals surface area contributed by atoms with E-state index >= 15 is 0 Å². The zero-order valence-corrected chi connectivity index (χ0v) is 17.3. The van der Waals surface area contributed by atoms with E-state index in [0.29, 0.717) is 0 Å². The van der Waals surface area contributed by atoms with E-state index in [4.69, 9.17) is 9.26 Å². The number of hydrogen-bond acceptors (Lipinski definition) is 6. The van der Waals surface area contributed by atoms with E-state index in [9.17, 15) is 0 Å². The Labute approximate surface area is 172 Å². The number of anilines is 2. The summed E-state index contributed by atoms with van der Waals surface area (Å²) in [7, 11) is 3.85. The van der Waals surface area contributed by atoms with E-state index in [-0.39, 0.29) is 0 Å². The van der Waals surface area contributed by atoms with Gasteiger partial charge >= 0.3 is 0 Å². The third kappa shape index (κ3) is 4.07. The lowest BCUT2D eigenvalue weighted by molar-refractivity contribution is 0.309. The second kappa shape index (κ2) is 8.57. The molecule has 0 atom stereocenters. The van der Waals surface area contributed by atoms with Crippen molar-refractivity contribution < 1.29 is 9.26 Å². The van der Waals surface area contributed by atoms with Gasteiger partial charge < -0.3 is 24.4 Å². The molecule has 2 heterocycles. The van der Waals surface area contributed by atoms with Gasteiger partial charge in [-0.25, -0.2) is 0 Å². The molecule has 0 unspecified atom stereocenters. The number of hydrogen-bond donors (Lipinski definition) is 1. The fourth-order valence-corrected chi connectivity index (χ4v) is 3.73. The van der Waals surface area contributed by atoms with Gasteiger partial charge in [-0.3, -0.25) is 0 Å². The standard InChI is InChI=1S/C23H28N4O2/c1-4-24-18-10-8-17(9-11-18)19-6-5-7-20(23(19)28-3)21-16-22(25-29-21)27-14-12-26(2)13-15-27/h5-11,16,24H,4,12-15H2,1-3H3. The van der Waals surface area contributed by atoms with Crippen molar-refractivity contribution in [1.29, 1.82) is 0 Å². The summed E-state index contributed by atoms with van der Waals surface area (Å²) in [5.74, 6) is 2.40. The Bertz CT molecular complexity index is 944. The topological polar surface area (TPSA) is 53.8 Å². The molecule has 0 aliphatic carbocycles. The fourth-order valence-electron chi connectivity index (χ4n) is 3.73. The van der Waals surface area contributed by atoms with Gasteiger partial charge in [-0.05, 0) is 37.7 Å². The molecule has 2 aromatic carbocycles. The van der Waals surface area contributed by atoms with Crippen LogP contribution in [0.1, 0.15) is 6.92 Å². The maximum Gasteiger partial charge on any atom is 0.172 e. The molecular formula is C23H28N4O2. The highest BCUT2D eigenvalue weighted by Gasteiger charge is 2.20. The Morgan fingerprint density at radius 3 is 2.45 bits per heavy atom. The van der Waals surface area contributed by atoms with Crippen molar-refractivity contribution in [2.24, 2.45) is 0 Å². The number of para-hydroxylation sites is 1. The smallest absolute Gasteiger partial charge is 0.172 e. The van der Waals surface area contributed by atoms with Crippen molar-refractivity contribution in [3.63, 3.8) is 0 Å². The first-order valence-electron chi connectivity index (χ1n) is 10.1. The van der Waals surface area contributed by atoms with E-state index in [1.807, 2.05) is 18.2 Å². The van der Waals surface area contributed by atoms with Crippen molar-refractivity contribution >= 4 is 11.5 Å². The largest absolute Gasteiger partial charge is 0.495 e. The van der Waals surface area contributed by atoms with Crippen molar-refractivity contribution in [2.75, 3.05) is 57.1 Å². The molecule has 1 N–H and O–H groups in total. The van der Waals surface area contributed by atoms with Gasteiger partial charge in [0.15, 0.2) is 11.6 Å². The third-order valence-corrected chi connectivity index (χ3v) is 5.39. The van der Waals surface area contributed by atoms with Gasteiger partial charge in [0.1, 0.15) is 5.75 Å². The SMILES string of the molecule is CCNc1ccc(-c2cccc(-c3cc(N4CCN(C)CC4)no3)c2OC)cc1. The number of methoxy groups -OCH3 is 1. The zero-order valence-electron chi connectivity index (χ0n) is 17.3. The van der Waals surface area contributed by atoms with Crippen molar-refractivity contribution in [3.05, 3.63) is 48.5 Å². The summed E-state index contributed by atoms with van der Waals surface area (Å²) in [6, 6.07) is 16.5. The van der Waals surface area contributed by atoms with Crippen LogP contribution in [0.3, 0.4) is 0 Å². The van der Waals surface area contributed by atoms with Crippen LogP contribution in [0, 0.1) is 0 Å². The quantitative estimate of drug-likeness (QED) is 0.679. The third-order valence-electron chi connectivity index (χ3n) is 5.39. The first kappa shape index (κ1) is 19.3. The monoisotopic (exact) mass is 392 g/mol. The molecule has 4 rings (SSSR count). The second-order valence-corrected chi connectivity index (χ2v) is 7.33. The summed E-state index contributed by atoms with van der Waals surface area (Å²) in [5, 5.41) is 7.65. The lowest BCUT2D eigenvalue weighted by Crippen LogP contribution is -2.44. The van der Waals surface area contributed by atoms with Crippen LogP contribution in [0.4, 0.5) is 11.5 Å². The van der Waals surface area contributed by atoms with Crippen LogP contribution in [-0.4, -0.2) is 56.9 Å². The number of aromatic nitrogens is 1. The maximum absolute atomic E-state index is 5.81. The van der Waals surface area contributed by atoms with E-state index < -0.39 is 0 Å². The maximum atomic E-state index is 5.81. The molecule has 6 nitrogen and oxygen atoms in total. The lowest BCUT2D eigenvalue weighted by atomic mass is 10.00. The van der Waals surface area contributed by atoms with Gasteiger partial charge in [0.25, 0.3) is 0 Å². The zero-order chi connectivity index (χ0) is 20.2. The Morgan fingerprint density at radius 2 is 1.76 bits per heavy atom. The predicted octanol–water partition coefficient (Wildman–Crippen LogP) is 4.20. The average Bonchev–Trinajstić information content (AvgIpc) is 3.24. The van der Waals surface area contributed by atoms with Crippen molar-refractivity contribution in [2.45, 2.75) is 6.92 Å². The van der Waals surface area contributed by atoms with Gasteiger partial charge in [-0.1, -0.05) is 29.4 Å². The van der Waals surface area contributed by atoms with E-state index in [2.05, 4.69) is 64.6 Å². The highest BCUT2D eigenvalue weighted by atomic mass is 16.5. The number of likely N-dealkylation sites (N-methyl/N-ethyl adjacent to an activating group) is 1. The molecule has 29 heavy (non-hydrogen) atoms. The Balaban J connectivity index is 1.64. The van der Waals surface area contributed by atoms with Crippen LogP contribution in [-0.2, 0) is 0 Å². The van der Waals surface area contributed by atoms with E-state index in [0.717, 1.165) is 72.4 Å². The van der Waals surface area contributed by atoms with Crippen LogP contribution < -0.4 is 15.0 Å².